The third-order valence-electron chi connectivity index (χ3n) is 7.93. The van der Waals surface area contributed by atoms with E-state index in [0.29, 0.717) is 49.1 Å². The first-order valence-electron chi connectivity index (χ1n) is 15.4. The Bertz CT molecular complexity index is 1640. The summed E-state index contributed by atoms with van der Waals surface area (Å²) >= 11 is 1.31. The van der Waals surface area contributed by atoms with Crippen LogP contribution in [0.2, 0.25) is 0 Å². The van der Waals surface area contributed by atoms with Gasteiger partial charge in [0.2, 0.25) is 15.9 Å². The SMILES string of the molecule is CS(=O)(=O)Nc1ccc(-c2csc(NC(=O)N(CCNC(=O)C3CCCNC3)CCC(c3ccccc3)c3ccccc3)n2)cc1. The molecule has 0 saturated carbocycles. The molecular weight excluding hydrogens is 621 g/mol. The monoisotopic (exact) mass is 660 g/mol. The summed E-state index contributed by atoms with van der Waals surface area (Å²) in [6, 6.07) is 27.2. The van der Waals surface area contributed by atoms with Crippen LogP contribution >= 0.6 is 11.3 Å². The van der Waals surface area contributed by atoms with Gasteiger partial charge in [-0.05, 0) is 49.1 Å². The summed E-state index contributed by atoms with van der Waals surface area (Å²) in [7, 11) is -3.37. The van der Waals surface area contributed by atoms with Gasteiger partial charge in [-0.25, -0.2) is 18.2 Å². The molecule has 46 heavy (non-hydrogen) atoms. The molecule has 1 unspecified atom stereocenters. The van der Waals surface area contributed by atoms with E-state index in [1.54, 1.807) is 29.2 Å². The lowest BCUT2D eigenvalue weighted by atomic mass is 9.88. The molecule has 0 bridgehead atoms. The summed E-state index contributed by atoms with van der Waals surface area (Å²) in [5.41, 5.74) is 4.27. The van der Waals surface area contributed by atoms with Gasteiger partial charge in [-0.15, -0.1) is 11.3 Å². The van der Waals surface area contributed by atoms with Crippen molar-refractivity contribution in [1.29, 1.82) is 0 Å². The number of aromatic nitrogens is 1. The summed E-state index contributed by atoms with van der Waals surface area (Å²) in [5.74, 6) is 0.0510. The molecule has 2 heterocycles. The number of anilines is 2. The predicted molar refractivity (Wildman–Crippen MR) is 185 cm³/mol. The van der Waals surface area contributed by atoms with Gasteiger partial charge in [0, 0.05) is 48.7 Å². The van der Waals surface area contributed by atoms with Crippen LogP contribution in [0.1, 0.15) is 36.3 Å². The van der Waals surface area contributed by atoms with Crippen molar-refractivity contribution < 1.29 is 18.0 Å². The van der Waals surface area contributed by atoms with Gasteiger partial charge in [-0.3, -0.25) is 14.8 Å². The Hall–Kier alpha value is -4.26. The number of benzene rings is 3. The van der Waals surface area contributed by atoms with Crippen molar-refractivity contribution in [3.05, 3.63) is 101 Å². The molecule has 1 aliphatic heterocycles. The van der Waals surface area contributed by atoms with Crippen LogP contribution in [-0.2, 0) is 14.8 Å². The van der Waals surface area contributed by atoms with E-state index in [-0.39, 0.29) is 23.8 Å². The molecule has 12 heteroatoms. The van der Waals surface area contributed by atoms with E-state index in [4.69, 9.17) is 0 Å². The molecule has 5 rings (SSSR count). The Morgan fingerprint density at radius 2 is 1.65 bits per heavy atom. The average molecular weight is 661 g/mol. The summed E-state index contributed by atoms with van der Waals surface area (Å²) in [5, 5.41) is 11.6. The molecule has 3 amide bonds. The largest absolute Gasteiger partial charge is 0.354 e. The molecule has 3 aromatic carbocycles. The molecule has 0 radical (unpaired) electrons. The number of carbonyl (C=O) groups is 2. The molecule has 1 fully saturated rings. The molecule has 0 spiro atoms. The highest BCUT2D eigenvalue weighted by atomic mass is 32.2. The van der Waals surface area contributed by atoms with Crippen molar-refractivity contribution in [3.8, 4) is 11.3 Å². The third-order valence-corrected chi connectivity index (χ3v) is 9.29. The Morgan fingerprint density at radius 1 is 0.978 bits per heavy atom. The summed E-state index contributed by atoms with van der Waals surface area (Å²) in [4.78, 5) is 32.8. The zero-order valence-electron chi connectivity index (χ0n) is 25.8. The molecule has 0 aliphatic carbocycles. The van der Waals surface area contributed by atoms with Crippen LogP contribution in [0.5, 0.6) is 0 Å². The number of urea groups is 1. The van der Waals surface area contributed by atoms with Gasteiger partial charge in [-0.1, -0.05) is 72.8 Å². The van der Waals surface area contributed by atoms with Crippen LogP contribution in [0.15, 0.2) is 90.3 Å². The number of hydrogen-bond acceptors (Lipinski definition) is 7. The van der Waals surface area contributed by atoms with Crippen molar-refractivity contribution in [2.45, 2.75) is 25.2 Å². The molecule has 1 atom stereocenters. The first kappa shape index (κ1) is 33.1. The number of amides is 3. The van der Waals surface area contributed by atoms with Crippen molar-refractivity contribution >= 4 is 44.1 Å². The van der Waals surface area contributed by atoms with E-state index >= 15 is 0 Å². The van der Waals surface area contributed by atoms with Gasteiger partial charge in [0.05, 0.1) is 17.9 Å². The normalized spacial score (nSPS) is 14.9. The van der Waals surface area contributed by atoms with Crippen molar-refractivity contribution in [1.82, 2.24) is 20.5 Å². The van der Waals surface area contributed by atoms with Gasteiger partial charge >= 0.3 is 6.03 Å². The summed E-state index contributed by atoms with van der Waals surface area (Å²) < 4.78 is 25.5. The topological polar surface area (TPSA) is 133 Å². The molecule has 4 aromatic rings. The van der Waals surface area contributed by atoms with Crippen molar-refractivity contribution in [2.75, 3.05) is 49.0 Å². The highest BCUT2D eigenvalue weighted by Gasteiger charge is 2.23. The number of nitrogens with zero attached hydrogens (tertiary/aromatic N) is 2. The number of nitrogens with one attached hydrogen (secondary N) is 4. The van der Waals surface area contributed by atoms with E-state index in [0.717, 1.165) is 31.2 Å². The maximum Gasteiger partial charge on any atom is 0.323 e. The lowest BCUT2D eigenvalue weighted by molar-refractivity contribution is -0.125. The van der Waals surface area contributed by atoms with Crippen LogP contribution in [0.3, 0.4) is 0 Å². The quantitative estimate of drug-likeness (QED) is 0.153. The van der Waals surface area contributed by atoms with Crippen LogP contribution < -0.4 is 20.7 Å². The average Bonchev–Trinajstić information content (AvgIpc) is 3.53. The second kappa shape index (κ2) is 15.8. The smallest absolute Gasteiger partial charge is 0.323 e. The first-order valence-corrected chi connectivity index (χ1v) is 18.2. The van der Waals surface area contributed by atoms with Gasteiger partial charge in [0.1, 0.15) is 0 Å². The Morgan fingerprint density at radius 3 is 2.26 bits per heavy atom. The second-order valence-corrected chi connectivity index (χ2v) is 14.0. The van der Waals surface area contributed by atoms with Crippen LogP contribution in [-0.4, -0.2) is 69.2 Å². The van der Waals surface area contributed by atoms with Crippen LogP contribution in [0, 0.1) is 5.92 Å². The number of thiazole rings is 1. The minimum atomic E-state index is -3.37. The molecule has 1 aliphatic rings. The molecular formula is C34H40N6O4S2. The fourth-order valence-corrected chi connectivity index (χ4v) is 6.86. The van der Waals surface area contributed by atoms with Gasteiger partial charge in [0.15, 0.2) is 5.13 Å². The number of sulfonamides is 1. The van der Waals surface area contributed by atoms with Gasteiger partial charge in [-0.2, -0.15) is 0 Å². The third kappa shape index (κ3) is 9.62. The molecule has 10 nitrogen and oxygen atoms in total. The number of hydrogen-bond donors (Lipinski definition) is 4. The van der Waals surface area contributed by atoms with E-state index in [2.05, 4.69) is 49.9 Å². The standard InChI is InChI=1S/C34H40N6O4S2/c1-46(43,44)39-29-16-14-27(15-17-29)31-24-45-33(37-31)38-34(42)40(22-20-36-32(41)28-13-8-19-35-23-28)21-18-30(25-9-4-2-5-10-25)26-11-6-3-7-12-26/h2-7,9-12,14-17,24,28,30,35,39H,8,13,18-23H2,1H3,(H,36,41)(H,37,38,42). The fraction of sp³-hybridized carbons (Fsp3) is 0.324. The van der Waals surface area contributed by atoms with Crippen LogP contribution in [0.4, 0.5) is 15.6 Å². The predicted octanol–water partition coefficient (Wildman–Crippen LogP) is 5.35. The minimum Gasteiger partial charge on any atom is -0.354 e. The highest BCUT2D eigenvalue weighted by molar-refractivity contribution is 7.92. The Balaban J connectivity index is 1.28. The summed E-state index contributed by atoms with van der Waals surface area (Å²) in [6.45, 7) is 2.78. The maximum absolute atomic E-state index is 13.7. The fourth-order valence-electron chi connectivity index (χ4n) is 5.59. The van der Waals surface area contributed by atoms with E-state index in [9.17, 15) is 18.0 Å². The molecule has 1 saturated heterocycles. The van der Waals surface area contributed by atoms with E-state index in [1.165, 1.54) is 22.5 Å². The lowest BCUT2D eigenvalue weighted by Gasteiger charge is -2.27. The number of piperidine rings is 1. The second-order valence-electron chi connectivity index (χ2n) is 11.4. The first-order chi connectivity index (χ1) is 22.2. The Labute approximate surface area is 274 Å². The van der Waals surface area contributed by atoms with E-state index < -0.39 is 10.0 Å². The van der Waals surface area contributed by atoms with Crippen molar-refractivity contribution in [2.24, 2.45) is 5.92 Å². The molecule has 242 valence electrons. The zero-order valence-corrected chi connectivity index (χ0v) is 27.4. The number of carbonyl (C=O) groups excluding carboxylic acids is 2. The number of rotatable bonds is 13. The lowest BCUT2D eigenvalue weighted by Crippen LogP contribution is -2.45. The molecule has 4 N–H and O–H groups in total. The maximum atomic E-state index is 13.7. The zero-order chi connectivity index (χ0) is 32.4. The van der Waals surface area contributed by atoms with E-state index in [1.807, 2.05) is 41.8 Å². The van der Waals surface area contributed by atoms with Crippen molar-refractivity contribution in [3.63, 3.8) is 0 Å². The van der Waals surface area contributed by atoms with Gasteiger partial charge in [0.25, 0.3) is 0 Å². The highest BCUT2D eigenvalue weighted by Crippen LogP contribution is 2.29. The Kier molecular flexibility index (Phi) is 11.4. The minimum absolute atomic E-state index is 0.0151. The molecule has 1 aromatic heterocycles. The van der Waals surface area contributed by atoms with Gasteiger partial charge < -0.3 is 15.5 Å². The van der Waals surface area contributed by atoms with Crippen LogP contribution in [0.25, 0.3) is 11.3 Å². The summed E-state index contributed by atoms with van der Waals surface area (Å²) in [6.07, 6.45) is 3.64.